The lowest BCUT2D eigenvalue weighted by atomic mass is 10.1. The second kappa shape index (κ2) is 11.8. The zero-order valence-electron chi connectivity index (χ0n) is 20.0. The first-order valence-corrected chi connectivity index (χ1v) is 11.9. The van der Waals surface area contributed by atoms with Crippen LogP contribution in [0.4, 0.5) is 5.69 Å². The molecule has 2 amide bonds. The van der Waals surface area contributed by atoms with Crippen molar-refractivity contribution < 1.29 is 14.3 Å². The Labute approximate surface area is 206 Å². The predicted octanol–water partition coefficient (Wildman–Crippen LogP) is 3.47. The number of rotatable bonds is 8. The monoisotopic (exact) mass is 472 g/mol. The highest BCUT2D eigenvalue weighted by molar-refractivity contribution is 6.05. The van der Waals surface area contributed by atoms with Crippen LogP contribution >= 0.6 is 0 Å². The van der Waals surface area contributed by atoms with Gasteiger partial charge in [-0.25, -0.2) is 0 Å². The molecular formula is C28H32N4O3. The molecule has 0 aromatic heterocycles. The first-order chi connectivity index (χ1) is 17.0. The van der Waals surface area contributed by atoms with Crippen LogP contribution in [0.1, 0.15) is 43.0 Å². The Balaban J connectivity index is 1.51. The van der Waals surface area contributed by atoms with E-state index < -0.39 is 0 Å². The number of amides is 2. The number of anilines is 1. The summed E-state index contributed by atoms with van der Waals surface area (Å²) in [5.41, 5.74) is 11.4. The summed E-state index contributed by atoms with van der Waals surface area (Å²) < 4.78 is 5.46. The van der Waals surface area contributed by atoms with Crippen LogP contribution in [0.3, 0.4) is 0 Å². The van der Waals surface area contributed by atoms with Crippen molar-refractivity contribution >= 4 is 17.5 Å². The summed E-state index contributed by atoms with van der Waals surface area (Å²) in [5.74, 6) is -0.401. The number of carbonyl (C=O) groups excluding carboxylic acids is 2. The van der Waals surface area contributed by atoms with Crippen LogP contribution in [-0.2, 0) is 24.4 Å². The van der Waals surface area contributed by atoms with Crippen molar-refractivity contribution in [2.45, 2.75) is 26.6 Å². The van der Waals surface area contributed by atoms with Crippen molar-refractivity contribution in [3.63, 3.8) is 0 Å². The molecule has 3 aromatic carbocycles. The molecule has 7 heteroatoms. The molecular weight excluding hydrogens is 440 g/mol. The van der Waals surface area contributed by atoms with E-state index in [1.807, 2.05) is 55.5 Å². The lowest BCUT2D eigenvalue weighted by Crippen LogP contribution is -2.36. The molecule has 0 saturated carbocycles. The van der Waals surface area contributed by atoms with Crippen molar-refractivity contribution in [1.29, 1.82) is 0 Å². The highest BCUT2D eigenvalue weighted by atomic mass is 16.5. The SMILES string of the molecule is Cc1ccc(C(=O)Nc2cc(C(=O)NCc3ccc(CN)cc3)ccc2CN2CCOCC2)cc1. The number of carbonyl (C=O) groups is 2. The molecule has 7 nitrogen and oxygen atoms in total. The van der Waals surface area contributed by atoms with Crippen molar-refractivity contribution in [3.8, 4) is 0 Å². The smallest absolute Gasteiger partial charge is 0.255 e. The normalized spacial score (nSPS) is 13.9. The van der Waals surface area contributed by atoms with Gasteiger partial charge in [-0.2, -0.15) is 0 Å². The molecule has 0 aliphatic carbocycles. The molecule has 1 saturated heterocycles. The highest BCUT2D eigenvalue weighted by Crippen LogP contribution is 2.22. The molecule has 1 aliphatic rings. The van der Waals surface area contributed by atoms with E-state index in [9.17, 15) is 9.59 Å². The van der Waals surface area contributed by atoms with E-state index in [4.69, 9.17) is 10.5 Å². The van der Waals surface area contributed by atoms with Gasteiger partial charge in [-0.1, -0.05) is 48.0 Å². The van der Waals surface area contributed by atoms with Gasteiger partial charge >= 0.3 is 0 Å². The topological polar surface area (TPSA) is 96.7 Å². The Morgan fingerprint density at radius 3 is 2.23 bits per heavy atom. The summed E-state index contributed by atoms with van der Waals surface area (Å²) in [6.07, 6.45) is 0. The molecule has 0 atom stereocenters. The quantitative estimate of drug-likeness (QED) is 0.467. The predicted molar refractivity (Wildman–Crippen MR) is 137 cm³/mol. The van der Waals surface area contributed by atoms with E-state index in [0.29, 0.717) is 49.7 Å². The van der Waals surface area contributed by atoms with Gasteiger partial charge in [0.1, 0.15) is 0 Å². The van der Waals surface area contributed by atoms with Crippen molar-refractivity contribution in [2.75, 3.05) is 31.6 Å². The average molecular weight is 473 g/mol. The Kier molecular flexibility index (Phi) is 8.26. The number of nitrogens with two attached hydrogens (primary N) is 1. The van der Waals surface area contributed by atoms with Gasteiger partial charge in [0.05, 0.1) is 13.2 Å². The molecule has 0 bridgehead atoms. The zero-order chi connectivity index (χ0) is 24.6. The molecule has 4 N–H and O–H groups in total. The maximum Gasteiger partial charge on any atom is 0.255 e. The Morgan fingerprint density at radius 1 is 0.886 bits per heavy atom. The standard InChI is InChI=1S/C28H32N4O3/c1-20-2-8-23(9-3-20)28(34)31-26-16-24(10-11-25(26)19-32-12-14-35-15-13-32)27(33)30-18-22-6-4-21(17-29)5-7-22/h2-11,16H,12-15,17-19,29H2,1H3,(H,30,33)(H,31,34). The molecule has 0 unspecified atom stereocenters. The summed E-state index contributed by atoms with van der Waals surface area (Å²) in [6.45, 7) is 6.59. The molecule has 3 aromatic rings. The summed E-state index contributed by atoms with van der Waals surface area (Å²) in [5, 5.41) is 5.99. The fourth-order valence-electron chi connectivity index (χ4n) is 3.95. The number of benzene rings is 3. The van der Waals surface area contributed by atoms with Crippen LogP contribution in [-0.4, -0.2) is 43.0 Å². The maximum absolute atomic E-state index is 13.0. The fourth-order valence-corrected chi connectivity index (χ4v) is 3.95. The fraction of sp³-hybridized carbons (Fsp3) is 0.286. The summed E-state index contributed by atoms with van der Waals surface area (Å²) in [7, 11) is 0. The van der Waals surface area contributed by atoms with E-state index in [-0.39, 0.29) is 11.8 Å². The Hall–Kier alpha value is -3.52. The van der Waals surface area contributed by atoms with E-state index in [2.05, 4.69) is 15.5 Å². The highest BCUT2D eigenvalue weighted by Gasteiger charge is 2.17. The molecule has 1 aliphatic heterocycles. The van der Waals surface area contributed by atoms with Gasteiger partial charge in [-0.3, -0.25) is 14.5 Å². The molecule has 1 fully saturated rings. The molecule has 0 radical (unpaired) electrons. The maximum atomic E-state index is 13.0. The number of aryl methyl sites for hydroxylation is 1. The molecule has 182 valence electrons. The number of morpholine rings is 1. The van der Waals surface area contributed by atoms with Crippen LogP contribution in [0.15, 0.2) is 66.7 Å². The van der Waals surface area contributed by atoms with Gasteiger partial charge in [-0.15, -0.1) is 0 Å². The molecule has 0 spiro atoms. The second-order valence-electron chi connectivity index (χ2n) is 8.78. The minimum Gasteiger partial charge on any atom is -0.379 e. The number of hydrogen-bond acceptors (Lipinski definition) is 5. The lowest BCUT2D eigenvalue weighted by molar-refractivity contribution is 0.0342. The van der Waals surface area contributed by atoms with Crippen molar-refractivity contribution in [3.05, 3.63) is 100 Å². The van der Waals surface area contributed by atoms with Gasteiger partial charge in [-0.05, 0) is 47.9 Å². The van der Waals surface area contributed by atoms with E-state index in [1.165, 1.54) is 0 Å². The van der Waals surface area contributed by atoms with Gasteiger partial charge in [0.15, 0.2) is 0 Å². The van der Waals surface area contributed by atoms with Crippen molar-refractivity contribution in [1.82, 2.24) is 10.2 Å². The van der Waals surface area contributed by atoms with Gasteiger partial charge in [0.2, 0.25) is 0 Å². The average Bonchev–Trinajstić information content (AvgIpc) is 2.89. The molecule has 1 heterocycles. The number of hydrogen-bond donors (Lipinski definition) is 3. The minimum absolute atomic E-state index is 0.198. The van der Waals surface area contributed by atoms with Crippen LogP contribution < -0.4 is 16.4 Å². The third-order valence-corrected chi connectivity index (χ3v) is 6.14. The minimum atomic E-state index is -0.203. The third-order valence-electron chi connectivity index (χ3n) is 6.14. The van der Waals surface area contributed by atoms with Crippen LogP contribution in [0.2, 0.25) is 0 Å². The largest absolute Gasteiger partial charge is 0.379 e. The molecule has 35 heavy (non-hydrogen) atoms. The van der Waals surface area contributed by atoms with Gasteiger partial charge in [0.25, 0.3) is 11.8 Å². The summed E-state index contributed by atoms with van der Waals surface area (Å²) >= 11 is 0. The molecule has 4 rings (SSSR count). The van der Waals surface area contributed by atoms with Crippen LogP contribution in [0.5, 0.6) is 0 Å². The number of ether oxygens (including phenoxy) is 1. The number of nitrogens with zero attached hydrogens (tertiary/aromatic N) is 1. The van der Waals surface area contributed by atoms with Crippen LogP contribution in [0.25, 0.3) is 0 Å². The Bertz CT molecular complexity index is 1150. The van der Waals surface area contributed by atoms with Crippen LogP contribution in [0, 0.1) is 6.92 Å². The van der Waals surface area contributed by atoms with Crippen molar-refractivity contribution in [2.24, 2.45) is 5.73 Å². The lowest BCUT2D eigenvalue weighted by Gasteiger charge is -2.27. The zero-order valence-corrected chi connectivity index (χ0v) is 20.0. The first-order valence-electron chi connectivity index (χ1n) is 11.9. The van der Waals surface area contributed by atoms with E-state index in [1.54, 1.807) is 18.2 Å². The first kappa shape index (κ1) is 24.6. The Morgan fingerprint density at radius 2 is 1.54 bits per heavy atom. The summed E-state index contributed by atoms with van der Waals surface area (Å²) in [6, 6.07) is 20.8. The van der Waals surface area contributed by atoms with Gasteiger partial charge < -0.3 is 21.1 Å². The number of nitrogens with one attached hydrogen (secondary N) is 2. The van der Waals surface area contributed by atoms with Gasteiger partial charge in [0, 0.05) is 49.5 Å². The van der Waals surface area contributed by atoms with E-state index in [0.717, 1.165) is 35.3 Å². The van der Waals surface area contributed by atoms with E-state index >= 15 is 0 Å². The third kappa shape index (κ3) is 6.76. The summed E-state index contributed by atoms with van der Waals surface area (Å²) in [4.78, 5) is 28.2. The second-order valence-corrected chi connectivity index (χ2v) is 8.78.